The van der Waals surface area contributed by atoms with Crippen LogP contribution in [0, 0.1) is 5.92 Å². The summed E-state index contributed by atoms with van der Waals surface area (Å²) in [5.41, 5.74) is 6.05. The van der Waals surface area contributed by atoms with E-state index in [1.54, 1.807) is 14.0 Å². The van der Waals surface area contributed by atoms with Crippen LogP contribution in [0.2, 0.25) is 0 Å². The molecule has 3 saturated heterocycles. The summed E-state index contributed by atoms with van der Waals surface area (Å²) in [6.07, 6.45) is 1.09. The van der Waals surface area contributed by atoms with Gasteiger partial charge in [-0.15, -0.1) is 0 Å². The topological polar surface area (TPSA) is 124 Å². The normalized spacial score (nSPS) is 36.1. The van der Waals surface area contributed by atoms with Crippen molar-refractivity contribution >= 4 is 17.7 Å². The second-order valence-electron chi connectivity index (χ2n) is 8.09. The van der Waals surface area contributed by atoms with Crippen LogP contribution in [0.3, 0.4) is 0 Å². The lowest BCUT2D eigenvalue weighted by Gasteiger charge is -2.39. The smallest absolute Gasteiger partial charge is 0.404 e. The number of amides is 1. The van der Waals surface area contributed by atoms with Crippen LogP contribution >= 0.6 is 0 Å². The number of nitrogens with two attached hydrogens (primary N) is 1. The number of nitrogens with zero attached hydrogens (tertiary/aromatic N) is 2. The van der Waals surface area contributed by atoms with Crippen molar-refractivity contribution < 1.29 is 23.9 Å². The Balaban J connectivity index is 1.61. The van der Waals surface area contributed by atoms with Crippen LogP contribution in [0.15, 0.2) is 22.5 Å². The number of carbonyl (C=O) groups is 3. The zero-order valence-electron chi connectivity index (χ0n) is 16.0. The third-order valence-corrected chi connectivity index (χ3v) is 6.82. The molecule has 9 heteroatoms. The zero-order valence-corrected chi connectivity index (χ0v) is 16.0. The summed E-state index contributed by atoms with van der Waals surface area (Å²) in [5, 5.41) is 3.35. The number of methoxy groups -OCH3 is 1. The number of Topliss-reactive ketones (excluding diaryl/α,β-unsaturated/α-hetero) is 2. The standard InChI is InChI=1S/C19H24N4O5/c1-9-13(22-5-3-4-6-22)16(25)12-10(8-28-18(20)26)19(27-2)17-11(21-17)7-23(19)14(12)15(9)24/h10-11,17,21H,3-8H2,1-2H3,(H2,20,26)/t10-,11+,17+,19?/m0/s1. The molecule has 0 saturated carbocycles. The van der Waals surface area contributed by atoms with Crippen LogP contribution in [0.5, 0.6) is 0 Å². The highest BCUT2D eigenvalue weighted by Crippen LogP contribution is 2.56. The first-order chi connectivity index (χ1) is 13.4. The number of primary amides is 1. The number of fused-ring (bicyclic) bond motifs is 4. The van der Waals surface area contributed by atoms with Gasteiger partial charge < -0.3 is 30.3 Å². The van der Waals surface area contributed by atoms with Crippen LogP contribution < -0.4 is 11.1 Å². The predicted octanol–water partition coefficient (Wildman–Crippen LogP) is -0.514. The second kappa shape index (κ2) is 5.81. The molecule has 0 spiro atoms. The summed E-state index contributed by atoms with van der Waals surface area (Å²) < 4.78 is 11.1. The van der Waals surface area contributed by atoms with Gasteiger partial charge >= 0.3 is 6.09 Å². The molecular weight excluding hydrogens is 364 g/mol. The fourth-order valence-corrected chi connectivity index (χ4v) is 5.60. The average Bonchev–Trinajstić information content (AvgIpc) is 3.04. The number of likely N-dealkylation sites (tertiary alicyclic amines) is 1. The van der Waals surface area contributed by atoms with Crippen LogP contribution in [0.1, 0.15) is 19.8 Å². The Morgan fingerprint density at radius 1 is 1.25 bits per heavy atom. The highest BCUT2D eigenvalue weighted by atomic mass is 16.6. The second-order valence-corrected chi connectivity index (χ2v) is 8.09. The first-order valence-corrected chi connectivity index (χ1v) is 9.72. The molecule has 150 valence electrons. The van der Waals surface area contributed by atoms with E-state index in [0.29, 0.717) is 29.1 Å². The molecule has 0 aromatic rings. The summed E-state index contributed by atoms with van der Waals surface area (Å²) in [7, 11) is 1.57. The number of ether oxygens (including phenoxy) is 2. The van der Waals surface area contributed by atoms with Gasteiger partial charge in [-0.25, -0.2) is 4.79 Å². The van der Waals surface area contributed by atoms with Gasteiger partial charge in [-0.1, -0.05) is 0 Å². The number of hydrogen-bond donors (Lipinski definition) is 2. The number of piperazine rings is 1. The molecule has 0 bridgehead atoms. The van der Waals surface area contributed by atoms with E-state index >= 15 is 0 Å². The van der Waals surface area contributed by atoms with E-state index in [4.69, 9.17) is 15.2 Å². The largest absolute Gasteiger partial charge is 0.449 e. The van der Waals surface area contributed by atoms with E-state index in [1.165, 1.54) is 0 Å². The van der Waals surface area contributed by atoms with Crippen molar-refractivity contribution in [1.82, 2.24) is 15.1 Å². The average molecular weight is 388 g/mol. The van der Waals surface area contributed by atoms with Crippen molar-refractivity contribution in [2.24, 2.45) is 11.7 Å². The fourth-order valence-electron chi connectivity index (χ4n) is 5.60. The minimum Gasteiger partial charge on any atom is -0.449 e. The molecule has 3 N–H and O–H groups in total. The number of ketones is 2. The van der Waals surface area contributed by atoms with Gasteiger partial charge in [0.15, 0.2) is 5.72 Å². The van der Waals surface area contributed by atoms with E-state index in [2.05, 4.69) is 5.32 Å². The van der Waals surface area contributed by atoms with Crippen molar-refractivity contribution in [2.75, 3.05) is 33.4 Å². The van der Waals surface area contributed by atoms with E-state index in [1.807, 2.05) is 9.80 Å². The monoisotopic (exact) mass is 388 g/mol. The maximum atomic E-state index is 13.6. The number of carbonyl (C=O) groups excluding carboxylic acids is 3. The lowest BCUT2D eigenvalue weighted by atomic mass is 9.82. The summed E-state index contributed by atoms with van der Waals surface area (Å²) in [6.45, 7) is 3.74. The quantitative estimate of drug-likeness (QED) is 0.487. The van der Waals surface area contributed by atoms with Crippen molar-refractivity contribution in [2.45, 2.75) is 37.6 Å². The Labute approximate surface area is 162 Å². The van der Waals surface area contributed by atoms with Crippen molar-refractivity contribution in [3.8, 4) is 0 Å². The molecule has 28 heavy (non-hydrogen) atoms. The molecule has 0 radical (unpaired) electrons. The lowest BCUT2D eigenvalue weighted by molar-refractivity contribution is -0.137. The molecule has 5 aliphatic rings. The molecule has 5 rings (SSSR count). The number of rotatable bonds is 4. The SMILES string of the molecule is COC12[C@@H]3N[C@@H]3CN1C1=C(C(=O)C(N3CCCC3)=C(C)C1=O)[C@@H]2COC(N)=O. The maximum absolute atomic E-state index is 13.6. The fraction of sp³-hybridized carbons (Fsp3) is 0.632. The Hall–Kier alpha value is -2.39. The highest BCUT2D eigenvalue weighted by molar-refractivity contribution is 6.25. The van der Waals surface area contributed by atoms with E-state index in [0.717, 1.165) is 25.9 Å². The molecule has 3 fully saturated rings. The molecular formula is C19H24N4O5. The van der Waals surface area contributed by atoms with Gasteiger partial charge in [0.2, 0.25) is 11.6 Å². The van der Waals surface area contributed by atoms with Gasteiger partial charge in [-0.05, 0) is 19.8 Å². The van der Waals surface area contributed by atoms with E-state index < -0.39 is 17.7 Å². The highest BCUT2D eigenvalue weighted by Gasteiger charge is 2.72. The van der Waals surface area contributed by atoms with Gasteiger partial charge in [0, 0.05) is 43.9 Å². The minimum absolute atomic E-state index is 0.0271. The van der Waals surface area contributed by atoms with Crippen molar-refractivity contribution in [1.29, 1.82) is 0 Å². The summed E-state index contributed by atoms with van der Waals surface area (Å²) in [5.74, 6) is -0.872. The van der Waals surface area contributed by atoms with Crippen LogP contribution in [-0.2, 0) is 19.1 Å². The maximum Gasteiger partial charge on any atom is 0.404 e. The van der Waals surface area contributed by atoms with Crippen LogP contribution in [0.4, 0.5) is 4.79 Å². The Morgan fingerprint density at radius 3 is 2.61 bits per heavy atom. The van der Waals surface area contributed by atoms with Gasteiger partial charge in [0.25, 0.3) is 0 Å². The third kappa shape index (κ3) is 2.06. The first-order valence-electron chi connectivity index (χ1n) is 9.72. The van der Waals surface area contributed by atoms with Crippen LogP contribution in [-0.4, -0.2) is 78.6 Å². The number of hydrogen-bond acceptors (Lipinski definition) is 8. The molecule has 1 amide bonds. The van der Waals surface area contributed by atoms with Crippen molar-refractivity contribution in [3.63, 3.8) is 0 Å². The summed E-state index contributed by atoms with van der Waals surface area (Å²) >= 11 is 0. The Morgan fingerprint density at radius 2 is 1.96 bits per heavy atom. The summed E-state index contributed by atoms with van der Waals surface area (Å²) in [6, 6.07) is 0.165. The van der Waals surface area contributed by atoms with Gasteiger partial charge in [0.05, 0.1) is 23.4 Å². The molecule has 4 atom stereocenters. The predicted molar refractivity (Wildman–Crippen MR) is 96.7 cm³/mol. The number of allylic oxidation sites excluding steroid dienone is 2. The molecule has 1 aliphatic carbocycles. The molecule has 4 aliphatic heterocycles. The molecule has 9 nitrogen and oxygen atoms in total. The summed E-state index contributed by atoms with van der Waals surface area (Å²) in [4.78, 5) is 42.2. The van der Waals surface area contributed by atoms with Gasteiger partial charge in [-0.3, -0.25) is 9.59 Å². The molecule has 4 heterocycles. The molecule has 1 unspecified atom stereocenters. The minimum atomic E-state index is -0.920. The van der Waals surface area contributed by atoms with Gasteiger partial charge in [-0.2, -0.15) is 0 Å². The Bertz CT molecular complexity index is 858. The first kappa shape index (κ1) is 17.7. The Kier molecular flexibility index (Phi) is 3.67. The van der Waals surface area contributed by atoms with E-state index in [9.17, 15) is 14.4 Å². The van der Waals surface area contributed by atoms with Crippen LogP contribution in [0.25, 0.3) is 0 Å². The zero-order chi connectivity index (χ0) is 19.8. The van der Waals surface area contributed by atoms with E-state index in [-0.39, 0.29) is 30.3 Å². The lowest BCUT2D eigenvalue weighted by Crippen LogP contribution is -2.55. The molecule has 0 aromatic heterocycles. The van der Waals surface area contributed by atoms with Gasteiger partial charge in [0.1, 0.15) is 6.61 Å². The third-order valence-electron chi connectivity index (χ3n) is 6.82. The number of nitrogens with one attached hydrogen (secondary N) is 1. The van der Waals surface area contributed by atoms with Crippen molar-refractivity contribution in [3.05, 3.63) is 22.5 Å². The molecule has 0 aromatic carbocycles.